The number of benzene rings is 2. The molecule has 2 N–H and O–H groups in total. The minimum Gasteiger partial charge on any atom is -0.381 e. The van der Waals surface area contributed by atoms with Gasteiger partial charge < -0.3 is 15.4 Å². The van der Waals surface area contributed by atoms with Crippen LogP contribution in [-0.4, -0.2) is 25.8 Å². The number of nitrogens with one attached hydrogen (secondary N) is 2. The Kier molecular flexibility index (Phi) is 7.10. The number of ether oxygens (including phenoxy) is 1. The van der Waals surface area contributed by atoms with Crippen LogP contribution < -0.4 is 10.6 Å². The molecule has 0 spiro atoms. The van der Waals surface area contributed by atoms with E-state index in [-0.39, 0.29) is 17.5 Å². The van der Waals surface area contributed by atoms with Gasteiger partial charge in [-0.05, 0) is 36.3 Å². The lowest BCUT2D eigenvalue weighted by Gasteiger charge is -2.38. The van der Waals surface area contributed by atoms with Gasteiger partial charge in [0.2, 0.25) is 0 Å². The van der Waals surface area contributed by atoms with E-state index in [1.807, 2.05) is 24.3 Å². The first kappa shape index (κ1) is 20.4. The fourth-order valence-corrected chi connectivity index (χ4v) is 4.02. The molecule has 0 radical (unpaired) electrons. The second kappa shape index (κ2) is 9.74. The van der Waals surface area contributed by atoms with Gasteiger partial charge in [-0.2, -0.15) is 0 Å². The summed E-state index contributed by atoms with van der Waals surface area (Å²) < 4.78 is 5.59. The lowest BCUT2D eigenvalue weighted by molar-refractivity contribution is 0.0506. The second-order valence-corrected chi connectivity index (χ2v) is 8.18. The van der Waals surface area contributed by atoms with Gasteiger partial charge in [0.1, 0.15) is 0 Å². The Labute approximate surface area is 168 Å². The van der Waals surface area contributed by atoms with Crippen molar-refractivity contribution >= 4 is 6.03 Å². The van der Waals surface area contributed by atoms with Gasteiger partial charge in [0, 0.05) is 25.2 Å². The molecule has 1 fully saturated rings. The van der Waals surface area contributed by atoms with Gasteiger partial charge in [0.05, 0.1) is 6.04 Å². The Morgan fingerprint density at radius 2 is 1.61 bits per heavy atom. The molecular formula is C24H32N2O2. The van der Waals surface area contributed by atoms with Gasteiger partial charge in [0.25, 0.3) is 0 Å². The molecule has 28 heavy (non-hydrogen) atoms. The number of rotatable bonds is 7. The molecule has 1 aliphatic rings. The van der Waals surface area contributed by atoms with E-state index < -0.39 is 0 Å². The van der Waals surface area contributed by atoms with Gasteiger partial charge in [-0.1, -0.05) is 74.5 Å². The summed E-state index contributed by atoms with van der Waals surface area (Å²) in [6, 6.07) is 20.6. The molecular weight excluding hydrogens is 348 g/mol. The summed E-state index contributed by atoms with van der Waals surface area (Å²) in [6.07, 6.45) is 2.76. The van der Waals surface area contributed by atoms with Crippen molar-refractivity contribution in [3.05, 3.63) is 71.8 Å². The maximum Gasteiger partial charge on any atom is 0.315 e. The highest BCUT2D eigenvalue weighted by molar-refractivity contribution is 5.74. The second-order valence-electron chi connectivity index (χ2n) is 8.18. The standard InChI is InChI=1S/C24H32N2O2/c1-19(2)17-22(20-9-5-3-6-10-20)26-23(27)25-18-24(13-15-28-16-14-24)21-11-7-4-8-12-21/h3-12,19,22H,13-18H2,1-2H3,(H2,25,26,27). The van der Waals surface area contributed by atoms with E-state index in [1.54, 1.807) is 0 Å². The van der Waals surface area contributed by atoms with Crippen LogP contribution in [0.2, 0.25) is 0 Å². The Morgan fingerprint density at radius 1 is 1.00 bits per heavy atom. The van der Waals surface area contributed by atoms with Crippen molar-refractivity contribution in [1.82, 2.24) is 10.6 Å². The van der Waals surface area contributed by atoms with E-state index in [0.29, 0.717) is 12.5 Å². The molecule has 4 nitrogen and oxygen atoms in total. The van der Waals surface area contributed by atoms with Crippen LogP contribution >= 0.6 is 0 Å². The molecule has 0 aromatic heterocycles. The van der Waals surface area contributed by atoms with Gasteiger partial charge in [-0.3, -0.25) is 0 Å². The van der Waals surface area contributed by atoms with Crippen LogP contribution in [0, 0.1) is 5.92 Å². The average molecular weight is 381 g/mol. The quantitative estimate of drug-likeness (QED) is 0.723. The van der Waals surface area contributed by atoms with Gasteiger partial charge in [0.15, 0.2) is 0 Å². The molecule has 2 aromatic carbocycles. The summed E-state index contributed by atoms with van der Waals surface area (Å²) in [5.74, 6) is 0.497. The number of urea groups is 1. The summed E-state index contributed by atoms with van der Waals surface area (Å²) in [5, 5.41) is 6.35. The van der Waals surface area contributed by atoms with E-state index in [9.17, 15) is 4.79 Å². The van der Waals surface area contributed by atoms with Crippen LogP contribution in [-0.2, 0) is 10.2 Å². The monoisotopic (exact) mass is 380 g/mol. The summed E-state index contributed by atoms with van der Waals surface area (Å²) in [5.41, 5.74) is 2.37. The van der Waals surface area contributed by atoms with E-state index in [4.69, 9.17) is 4.74 Å². The van der Waals surface area contributed by atoms with Crippen molar-refractivity contribution in [1.29, 1.82) is 0 Å². The zero-order valence-corrected chi connectivity index (χ0v) is 17.0. The van der Waals surface area contributed by atoms with Crippen molar-refractivity contribution in [3.63, 3.8) is 0 Å². The maximum absolute atomic E-state index is 12.8. The summed E-state index contributed by atoms with van der Waals surface area (Å²) >= 11 is 0. The Balaban J connectivity index is 1.67. The fourth-order valence-electron chi connectivity index (χ4n) is 4.02. The van der Waals surface area contributed by atoms with E-state index in [2.05, 4.69) is 60.9 Å². The summed E-state index contributed by atoms with van der Waals surface area (Å²) in [7, 11) is 0. The Morgan fingerprint density at radius 3 is 2.21 bits per heavy atom. The van der Waals surface area contributed by atoms with E-state index in [0.717, 1.165) is 38.0 Å². The molecule has 1 saturated heterocycles. The number of hydrogen-bond acceptors (Lipinski definition) is 2. The molecule has 2 aromatic rings. The molecule has 2 amide bonds. The van der Waals surface area contributed by atoms with Gasteiger partial charge in [-0.25, -0.2) is 4.79 Å². The fraction of sp³-hybridized carbons (Fsp3) is 0.458. The van der Waals surface area contributed by atoms with Crippen LogP contribution in [0.15, 0.2) is 60.7 Å². The topological polar surface area (TPSA) is 50.4 Å². The van der Waals surface area contributed by atoms with Crippen molar-refractivity contribution in [3.8, 4) is 0 Å². The minimum atomic E-state index is -0.101. The number of carbonyl (C=O) groups excluding carboxylic acids is 1. The van der Waals surface area contributed by atoms with Crippen molar-refractivity contribution in [2.75, 3.05) is 19.8 Å². The molecule has 0 bridgehead atoms. The van der Waals surface area contributed by atoms with Crippen molar-refractivity contribution < 1.29 is 9.53 Å². The van der Waals surface area contributed by atoms with E-state index in [1.165, 1.54) is 5.56 Å². The van der Waals surface area contributed by atoms with Crippen LogP contribution in [0.1, 0.15) is 50.3 Å². The van der Waals surface area contributed by atoms with Crippen LogP contribution in [0.5, 0.6) is 0 Å². The highest BCUT2D eigenvalue weighted by Gasteiger charge is 2.34. The average Bonchev–Trinajstić information content (AvgIpc) is 2.73. The Hall–Kier alpha value is -2.33. The van der Waals surface area contributed by atoms with E-state index >= 15 is 0 Å². The molecule has 0 aliphatic carbocycles. The molecule has 1 aliphatic heterocycles. The first-order valence-corrected chi connectivity index (χ1v) is 10.3. The normalized spacial score (nSPS) is 17.1. The van der Waals surface area contributed by atoms with Crippen LogP contribution in [0.3, 0.4) is 0 Å². The first-order chi connectivity index (χ1) is 13.6. The molecule has 0 saturated carbocycles. The third kappa shape index (κ3) is 5.35. The Bertz CT molecular complexity index is 725. The summed E-state index contributed by atoms with van der Waals surface area (Å²) in [6.45, 7) is 6.45. The third-order valence-electron chi connectivity index (χ3n) is 5.64. The first-order valence-electron chi connectivity index (χ1n) is 10.3. The molecule has 1 heterocycles. The lowest BCUT2D eigenvalue weighted by atomic mass is 9.74. The molecule has 4 heteroatoms. The maximum atomic E-state index is 12.8. The van der Waals surface area contributed by atoms with Crippen LogP contribution in [0.4, 0.5) is 4.79 Å². The molecule has 1 atom stereocenters. The predicted molar refractivity (Wildman–Crippen MR) is 113 cm³/mol. The zero-order valence-electron chi connectivity index (χ0n) is 17.0. The number of carbonyl (C=O) groups is 1. The number of amides is 2. The molecule has 150 valence electrons. The van der Waals surface area contributed by atoms with Crippen molar-refractivity contribution in [2.24, 2.45) is 5.92 Å². The van der Waals surface area contributed by atoms with Crippen molar-refractivity contribution in [2.45, 2.75) is 44.6 Å². The highest BCUT2D eigenvalue weighted by Crippen LogP contribution is 2.34. The molecule has 1 unspecified atom stereocenters. The number of hydrogen-bond donors (Lipinski definition) is 2. The highest BCUT2D eigenvalue weighted by atomic mass is 16.5. The zero-order chi connectivity index (χ0) is 19.8. The summed E-state index contributed by atoms with van der Waals surface area (Å²) in [4.78, 5) is 12.8. The smallest absolute Gasteiger partial charge is 0.315 e. The predicted octanol–water partition coefficient (Wildman–Crippen LogP) is 4.82. The third-order valence-corrected chi connectivity index (χ3v) is 5.64. The lowest BCUT2D eigenvalue weighted by Crippen LogP contribution is -2.48. The van der Waals surface area contributed by atoms with Gasteiger partial charge >= 0.3 is 6.03 Å². The minimum absolute atomic E-state index is 0.0172. The van der Waals surface area contributed by atoms with Gasteiger partial charge in [-0.15, -0.1) is 0 Å². The SMILES string of the molecule is CC(C)CC(NC(=O)NCC1(c2ccccc2)CCOCC1)c1ccccc1. The largest absolute Gasteiger partial charge is 0.381 e. The molecule has 3 rings (SSSR count). The van der Waals surface area contributed by atoms with Crippen LogP contribution in [0.25, 0.3) is 0 Å².